The van der Waals surface area contributed by atoms with Crippen LogP contribution in [-0.4, -0.2) is 27.6 Å². The Morgan fingerprint density at radius 1 is 0.912 bits per heavy atom. The summed E-state index contributed by atoms with van der Waals surface area (Å²) in [4.78, 5) is 16.9. The van der Waals surface area contributed by atoms with Gasteiger partial charge < -0.3 is 15.2 Å². The zero-order chi connectivity index (χ0) is 23.3. The molecule has 1 atom stereocenters. The first-order chi connectivity index (χ1) is 16.5. The quantitative estimate of drug-likeness (QED) is 0.443. The third-order valence-corrected chi connectivity index (χ3v) is 6.04. The van der Waals surface area contributed by atoms with E-state index in [1.165, 1.54) is 18.5 Å². The van der Waals surface area contributed by atoms with E-state index in [9.17, 15) is 8.78 Å². The number of hydrogen-bond donors (Lipinski definition) is 1. The maximum Gasteiger partial charge on any atom is 0.283 e. The van der Waals surface area contributed by atoms with Gasteiger partial charge in [-0.1, -0.05) is 6.07 Å². The molecular formula is C25H17F2N5O2. The first-order valence-electron chi connectivity index (χ1n) is 10.6. The summed E-state index contributed by atoms with van der Waals surface area (Å²) in [6.07, 6.45) is 6.10. The van der Waals surface area contributed by atoms with Crippen molar-refractivity contribution in [3.8, 4) is 33.9 Å². The molecule has 0 aliphatic carbocycles. The lowest BCUT2D eigenvalue weighted by Gasteiger charge is -2.39. The molecule has 2 aliphatic rings. The number of benzene rings is 1. The molecule has 1 aromatic carbocycles. The zero-order valence-corrected chi connectivity index (χ0v) is 17.7. The highest BCUT2D eigenvalue weighted by Gasteiger charge is 2.45. The van der Waals surface area contributed by atoms with E-state index in [-0.39, 0.29) is 6.02 Å². The Morgan fingerprint density at radius 2 is 1.79 bits per heavy atom. The van der Waals surface area contributed by atoms with E-state index in [0.29, 0.717) is 58.0 Å². The number of ether oxygens (including phenoxy) is 2. The largest absolute Gasteiger partial charge is 0.465 e. The predicted molar refractivity (Wildman–Crippen MR) is 120 cm³/mol. The fourth-order valence-electron chi connectivity index (χ4n) is 4.50. The smallest absolute Gasteiger partial charge is 0.283 e. The topological polar surface area (TPSA) is 95.5 Å². The number of hydrogen-bond acceptors (Lipinski definition) is 7. The van der Waals surface area contributed by atoms with Gasteiger partial charge >= 0.3 is 0 Å². The summed E-state index contributed by atoms with van der Waals surface area (Å²) in [7, 11) is 0. The number of aliphatic imine (C=N–C) groups is 1. The van der Waals surface area contributed by atoms with E-state index in [0.717, 1.165) is 6.20 Å². The van der Waals surface area contributed by atoms with Crippen LogP contribution in [0.25, 0.3) is 22.4 Å². The Kier molecular flexibility index (Phi) is 4.51. The average molecular weight is 457 g/mol. The summed E-state index contributed by atoms with van der Waals surface area (Å²) in [5, 5.41) is 0. The zero-order valence-electron chi connectivity index (χ0n) is 17.7. The first kappa shape index (κ1) is 20.2. The number of fused-ring (bicyclic) bond motifs is 4. The van der Waals surface area contributed by atoms with Gasteiger partial charge in [-0.3, -0.25) is 9.97 Å². The van der Waals surface area contributed by atoms with Crippen molar-refractivity contribution in [2.45, 2.75) is 12.0 Å². The van der Waals surface area contributed by atoms with Gasteiger partial charge in [0.2, 0.25) is 5.95 Å². The summed E-state index contributed by atoms with van der Waals surface area (Å²) in [5.74, 6) is 0.0128. The van der Waals surface area contributed by atoms with Crippen LogP contribution in [0.3, 0.4) is 0 Å². The van der Waals surface area contributed by atoms with Gasteiger partial charge in [-0.25, -0.2) is 14.4 Å². The minimum atomic E-state index is -0.960. The highest BCUT2D eigenvalue weighted by atomic mass is 19.1. The summed E-state index contributed by atoms with van der Waals surface area (Å²) < 4.78 is 39.9. The van der Waals surface area contributed by atoms with Gasteiger partial charge in [-0.2, -0.15) is 4.39 Å². The number of pyridine rings is 3. The molecule has 7 nitrogen and oxygen atoms in total. The van der Waals surface area contributed by atoms with E-state index >= 15 is 0 Å². The third kappa shape index (κ3) is 3.16. The number of aromatic nitrogens is 3. The van der Waals surface area contributed by atoms with Crippen molar-refractivity contribution >= 4 is 6.02 Å². The summed E-state index contributed by atoms with van der Waals surface area (Å²) in [6.45, 7) is 0.318. The molecule has 34 heavy (non-hydrogen) atoms. The van der Waals surface area contributed by atoms with Crippen LogP contribution in [0.1, 0.15) is 17.5 Å². The van der Waals surface area contributed by atoms with Crippen molar-refractivity contribution in [2.24, 2.45) is 10.7 Å². The molecule has 0 amide bonds. The van der Waals surface area contributed by atoms with Crippen molar-refractivity contribution in [1.29, 1.82) is 0 Å². The normalized spacial score (nSPS) is 18.4. The average Bonchev–Trinajstić information content (AvgIpc) is 2.84. The van der Waals surface area contributed by atoms with E-state index in [2.05, 4.69) is 15.0 Å². The van der Waals surface area contributed by atoms with Crippen LogP contribution in [0.5, 0.6) is 11.5 Å². The molecule has 0 saturated heterocycles. The number of rotatable bonds is 2. The number of nitrogens with two attached hydrogens (primary N) is 1. The summed E-state index contributed by atoms with van der Waals surface area (Å²) in [6, 6.07) is 11.9. The minimum absolute atomic E-state index is 0.0359. The molecule has 9 heteroatoms. The van der Waals surface area contributed by atoms with Crippen LogP contribution in [0.4, 0.5) is 8.78 Å². The third-order valence-electron chi connectivity index (χ3n) is 6.04. The molecule has 2 aliphatic heterocycles. The lowest BCUT2D eigenvalue weighted by atomic mass is 9.77. The highest BCUT2D eigenvalue weighted by Crippen LogP contribution is 2.53. The van der Waals surface area contributed by atoms with Crippen molar-refractivity contribution in [2.75, 3.05) is 6.61 Å². The molecule has 1 spiro atoms. The molecule has 2 N–H and O–H groups in total. The fraction of sp³-hybridized carbons (Fsp3) is 0.120. The highest BCUT2D eigenvalue weighted by molar-refractivity contribution is 5.77. The fourth-order valence-corrected chi connectivity index (χ4v) is 4.50. The maximum absolute atomic E-state index is 14.5. The lowest BCUT2D eigenvalue weighted by molar-refractivity contribution is 0.219. The molecule has 0 bridgehead atoms. The molecule has 5 heterocycles. The second kappa shape index (κ2) is 7.58. The van der Waals surface area contributed by atoms with Gasteiger partial charge in [0.1, 0.15) is 17.1 Å². The molecule has 4 aromatic rings. The number of nitrogens with zero attached hydrogens (tertiary/aromatic N) is 4. The first-order valence-corrected chi connectivity index (χ1v) is 10.6. The number of amidine groups is 1. The van der Waals surface area contributed by atoms with Crippen LogP contribution < -0.4 is 10.5 Å². The monoisotopic (exact) mass is 457 g/mol. The van der Waals surface area contributed by atoms with Crippen molar-refractivity contribution < 1.29 is 18.3 Å². The Morgan fingerprint density at radius 3 is 2.62 bits per heavy atom. The number of halogens is 2. The van der Waals surface area contributed by atoms with E-state index in [1.807, 2.05) is 6.07 Å². The molecule has 168 valence electrons. The van der Waals surface area contributed by atoms with Crippen LogP contribution >= 0.6 is 0 Å². The van der Waals surface area contributed by atoms with Gasteiger partial charge in [-0.05, 0) is 42.0 Å². The van der Waals surface area contributed by atoms with Crippen LogP contribution in [0, 0.1) is 11.8 Å². The van der Waals surface area contributed by atoms with Crippen molar-refractivity contribution in [3.05, 3.63) is 90.1 Å². The summed E-state index contributed by atoms with van der Waals surface area (Å²) >= 11 is 0. The van der Waals surface area contributed by atoms with Crippen LogP contribution in [-0.2, 0) is 10.3 Å². The second-order valence-corrected chi connectivity index (χ2v) is 8.02. The van der Waals surface area contributed by atoms with Crippen molar-refractivity contribution in [1.82, 2.24) is 15.0 Å². The predicted octanol–water partition coefficient (Wildman–Crippen LogP) is 4.57. The van der Waals surface area contributed by atoms with Gasteiger partial charge in [0.25, 0.3) is 6.02 Å². The Labute approximate surface area is 193 Å². The lowest BCUT2D eigenvalue weighted by Crippen LogP contribution is -2.38. The Bertz CT molecular complexity index is 1480. The van der Waals surface area contributed by atoms with Crippen molar-refractivity contribution in [3.63, 3.8) is 0 Å². The molecule has 0 radical (unpaired) electrons. The SMILES string of the molecule is NC1=N[C@]2(CCO1)c1cc(-c3cccnc3F)ccc1Oc1cnc(-c3cncc(F)c3)cc12. The molecule has 0 unspecified atom stereocenters. The van der Waals surface area contributed by atoms with Gasteiger partial charge in [0, 0.05) is 41.1 Å². The van der Waals surface area contributed by atoms with Gasteiger partial charge in [0.05, 0.1) is 24.7 Å². The maximum atomic E-state index is 14.5. The van der Waals surface area contributed by atoms with Crippen LogP contribution in [0.2, 0.25) is 0 Å². The minimum Gasteiger partial charge on any atom is -0.465 e. The molecule has 6 rings (SSSR count). The van der Waals surface area contributed by atoms with E-state index in [1.54, 1.807) is 36.5 Å². The molecular weight excluding hydrogens is 440 g/mol. The Balaban J connectivity index is 1.58. The van der Waals surface area contributed by atoms with E-state index < -0.39 is 17.3 Å². The summed E-state index contributed by atoms with van der Waals surface area (Å²) in [5.41, 5.74) is 8.49. The van der Waals surface area contributed by atoms with Crippen LogP contribution in [0.15, 0.2) is 72.2 Å². The van der Waals surface area contributed by atoms with E-state index in [4.69, 9.17) is 20.2 Å². The molecule has 0 saturated carbocycles. The van der Waals surface area contributed by atoms with Gasteiger partial charge in [-0.15, -0.1) is 0 Å². The molecule has 0 fully saturated rings. The molecule has 3 aromatic heterocycles. The second-order valence-electron chi connectivity index (χ2n) is 8.02. The van der Waals surface area contributed by atoms with Gasteiger partial charge in [0.15, 0.2) is 5.75 Å². The standard InChI is InChI=1S/C25H17F2N5O2/c26-16-8-15(11-29-12-16)20-10-19-22(13-31-20)34-21-4-3-14(17-2-1-6-30-23(17)27)9-18(21)25(19)5-7-33-24(28)32-25/h1-4,6,8-13H,5,7H2,(H2,28,32)/t25-/m1/s1. The Hall–Kier alpha value is -4.40.